The van der Waals surface area contributed by atoms with Crippen molar-refractivity contribution in [3.8, 4) is 0 Å². The number of hydrogen-bond donors (Lipinski definition) is 3. The molecule has 2 rings (SSSR count). The van der Waals surface area contributed by atoms with E-state index in [0.717, 1.165) is 18.2 Å². The van der Waals surface area contributed by atoms with E-state index in [0.29, 0.717) is 17.4 Å². The molecule has 3 N–H and O–H groups in total. The summed E-state index contributed by atoms with van der Waals surface area (Å²) in [4.78, 5) is 23.2. The molecule has 0 fully saturated rings. The largest absolute Gasteiger partial charge is 0.416 e. The fourth-order valence-corrected chi connectivity index (χ4v) is 3.28. The third-order valence-corrected chi connectivity index (χ3v) is 5.23. The Hall–Kier alpha value is -2.92. The average molecular weight is 443 g/mol. The molecule has 0 heterocycles. The topological polar surface area (TPSA) is 104 Å². The lowest BCUT2D eigenvalue weighted by atomic mass is 10.2. The van der Waals surface area contributed by atoms with Crippen LogP contribution in [0, 0.1) is 5.92 Å². The monoisotopic (exact) mass is 443 g/mol. The molecule has 0 atom stereocenters. The van der Waals surface area contributed by atoms with Gasteiger partial charge >= 0.3 is 6.18 Å². The van der Waals surface area contributed by atoms with Gasteiger partial charge < -0.3 is 10.6 Å². The van der Waals surface area contributed by atoms with Gasteiger partial charge in [-0.15, -0.1) is 0 Å². The van der Waals surface area contributed by atoms with Gasteiger partial charge in [-0.3, -0.25) is 9.59 Å². The summed E-state index contributed by atoms with van der Waals surface area (Å²) >= 11 is 0. The summed E-state index contributed by atoms with van der Waals surface area (Å²) in [6, 6.07) is 9.41. The van der Waals surface area contributed by atoms with Crippen molar-refractivity contribution in [3.05, 3.63) is 54.1 Å². The smallest absolute Gasteiger partial charge is 0.326 e. The predicted molar refractivity (Wildman–Crippen MR) is 105 cm³/mol. The lowest BCUT2D eigenvalue weighted by molar-refractivity contribution is -0.137. The van der Waals surface area contributed by atoms with Crippen LogP contribution < -0.4 is 15.4 Å². The molecular weight excluding hydrogens is 423 g/mol. The molecule has 0 unspecified atom stereocenters. The highest BCUT2D eigenvalue weighted by molar-refractivity contribution is 7.89. The predicted octanol–water partition coefficient (Wildman–Crippen LogP) is 3.22. The molecule has 0 radical (unpaired) electrons. The van der Waals surface area contributed by atoms with Gasteiger partial charge in [-0.25, -0.2) is 13.1 Å². The second kappa shape index (κ2) is 9.26. The summed E-state index contributed by atoms with van der Waals surface area (Å²) < 4.78 is 64.6. The Morgan fingerprint density at radius 3 is 2.17 bits per heavy atom. The zero-order valence-corrected chi connectivity index (χ0v) is 16.9. The fourth-order valence-electron chi connectivity index (χ4n) is 2.25. The molecule has 0 aromatic heterocycles. The molecule has 0 aliphatic carbocycles. The maximum absolute atomic E-state index is 12.8. The van der Waals surface area contributed by atoms with Crippen molar-refractivity contribution in [2.45, 2.75) is 24.9 Å². The molecule has 0 spiro atoms. The zero-order chi connectivity index (χ0) is 22.5. The summed E-state index contributed by atoms with van der Waals surface area (Å²) in [6.07, 6.45) is -4.70. The molecule has 30 heavy (non-hydrogen) atoms. The molecule has 0 saturated carbocycles. The van der Waals surface area contributed by atoms with Crippen LogP contribution in [0.1, 0.15) is 19.4 Å². The lowest BCUT2D eigenvalue weighted by Crippen LogP contribution is -2.33. The number of alkyl halides is 3. The van der Waals surface area contributed by atoms with Crippen LogP contribution in [0.4, 0.5) is 24.5 Å². The van der Waals surface area contributed by atoms with Crippen LogP contribution in [0.3, 0.4) is 0 Å². The van der Waals surface area contributed by atoms with Crippen LogP contribution in [0.15, 0.2) is 53.4 Å². The fraction of sp³-hybridized carbons (Fsp3) is 0.263. The first-order valence-corrected chi connectivity index (χ1v) is 10.2. The van der Waals surface area contributed by atoms with Gasteiger partial charge in [-0.2, -0.15) is 13.2 Å². The van der Waals surface area contributed by atoms with E-state index in [4.69, 9.17) is 0 Å². The molecule has 0 aliphatic heterocycles. The maximum atomic E-state index is 12.8. The van der Waals surface area contributed by atoms with Gasteiger partial charge in [0.25, 0.3) is 0 Å². The molecule has 0 aliphatic rings. The Morgan fingerprint density at radius 1 is 0.967 bits per heavy atom. The van der Waals surface area contributed by atoms with E-state index in [1.807, 2.05) is 4.72 Å². The van der Waals surface area contributed by atoms with Crippen molar-refractivity contribution in [1.82, 2.24) is 4.72 Å². The van der Waals surface area contributed by atoms with Crippen molar-refractivity contribution in [3.63, 3.8) is 0 Å². The quantitative estimate of drug-likeness (QED) is 0.611. The van der Waals surface area contributed by atoms with Crippen LogP contribution in [-0.2, 0) is 25.8 Å². The minimum atomic E-state index is -4.70. The molecule has 7 nitrogen and oxygen atoms in total. The summed E-state index contributed by atoms with van der Waals surface area (Å²) in [7, 11) is -4.33. The van der Waals surface area contributed by atoms with Crippen LogP contribution in [0.25, 0.3) is 0 Å². The highest BCUT2D eigenvalue weighted by atomic mass is 32.2. The second-order valence-corrected chi connectivity index (χ2v) is 8.39. The highest BCUT2D eigenvalue weighted by Crippen LogP contribution is 2.30. The Labute approximate surface area is 171 Å². The van der Waals surface area contributed by atoms with E-state index < -0.39 is 39.1 Å². The van der Waals surface area contributed by atoms with Crippen molar-refractivity contribution in [1.29, 1.82) is 0 Å². The van der Waals surface area contributed by atoms with Gasteiger partial charge in [0.2, 0.25) is 21.8 Å². The average Bonchev–Trinajstić information content (AvgIpc) is 2.66. The number of benzene rings is 2. The Bertz CT molecular complexity index is 1040. The molecule has 2 aromatic carbocycles. The van der Waals surface area contributed by atoms with E-state index in [-0.39, 0.29) is 11.8 Å². The molecule has 2 aromatic rings. The number of carbonyl (C=O) groups is 2. The SMILES string of the molecule is CC(C)C(=O)Nc1cccc(NC(=O)CNS(=O)(=O)c2cccc(C(F)(F)F)c2)c1. The third kappa shape index (κ3) is 6.56. The maximum Gasteiger partial charge on any atom is 0.416 e. The summed E-state index contributed by atoms with van der Waals surface area (Å²) in [5, 5.41) is 5.10. The zero-order valence-electron chi connectivity index (χ0n) is 16.1. The first-order chi connectivity index (χ1) is 13.9. The van der Waals surface area contributed by atoms with Gasteiger partial charge in [0, 0.05) is 17.3 Å². The number of sulfonamides is 1. The van der Waals surface area contributed by atoms with E-state index in [2.05, 4.69) is 10.6 Å². The van der Waals surface area contributed by atoms with E-state index >= 15 is 0 Å². The minimum absolute atomic E-state index is 0.215. The van der Waals surface area contributed by atoms with E-state index in [1.165, 1.54) is 12.1 Å². The van der Waals surface area contributed by atoms with Crippen LogP contribution >= 0.6 is 0 Å². The van der Waals surface area contributed by atoms with Crippen molar-refractivity contribution >= 4 is 33.2 Å². The van der Waals surface area contributed by atoms with Gasteiger partial charge in [0.1, 0.15) is 0 Å². The molecule has 11 heteroatoms. The van der Waals surface area contributed by atoms with Gasteiger partial charge in [0.05, 0.1) is 17.0 Å². The number of rotatable bonds is 7. The van der Waals surface area contributed by atoms with Crippen LogP contribution in [0.2, 0.25) is 0 Å². The van der Waals surface area contributed by atoms with Crippen molar-refractivity contribution in [2.75, 3.05) is 17.2 Å². The van der Waals surface area contributed by atoms with Crippen molar-refractivity contribution in [2.24, 2.45) is 5.92 Å². The van der Waals surface area contributed by atoms with E-state index in [1.54, 1.807) is 26.0 Å². The number of amides is 2. The molecule has 0 bridgehead atoms. The minimum Gasteiger partial charge on any atom is -0.326 e. The van der Waals surface area contributed by atoms with E-state index in [9.17, 15) is 31.2 Å². The number of nitrogens with one attached hydrogen (secondary N) is 3. The Morgan fingerprint density at radius 2 is 1.57 bits per heavy atom. The number of halogens is 3. The molecule has 2 amide bonds. The first-order valence-electron chi connectivity index (χ1n) is 8.76. The number of anilines is 2. The molecular formula is C19H20F3N3O4S. The normalized spacial score (nSPS) is 11.9. The molecule has 0 saturated heterocycles. The van der Waals surface area contributed by atoms with Crippen molar-refractivity contribution < 1.29 is 31.2 Å². The van der Waals surface area contributed by atoms with Crippen LogP contribution in [0.5, 0.6) is 0 Å². The number of hydrogen-bond acceptors (Lipinski definition) is 4. The Balaban J connectivity index is 2.01. The molecule has 162 valence electrons. The standard InChI is InChI=1S/C19H20F3N3O4S/c1-12(2)18(27)25-15-7-4-6-14(10-15)24-17(26)11-23-30(28,29)16-8-3-5-13(9-16)19(20,21)22/h3-10,12,23H,11H2,1-2H3,(H,24,26)(H,25,27). The van der Waals surface area contributed by atoms with Gasteiger partial charge in [-0.05, 0) is 36.4 Å². The van der Waals surface area contributed by atoms with Crippen LogP contribution in [-0.4, -0.2) is 26.8 Å². The van der Waals surface area contributed by atoms with Gasteiger partial charge in [-0.1, -0.05) is 26.0 Å². The summed E-state index contributed by atoms with van der Waals surface area (Å²) in [6.45, 7) is 2.75. The second-order valence-electron chi connectivity index (χ2n) is 6.62. The third-order valence-electron chi connectivity index (χ3n) is 3.83. The van der Waals surface area contributed by atoms with Gasteiger partial charge in [0.15, 0.2) is 0 Å². The first kappa shape index (κ1) is 23.4. The highest BCUT2D eigenvalue weighted by Gasteiger charge is 2.31. The number of carbonyl (C=O) groups excluding carboxylic acids is 2. The summed E-state index contributed by atoms with van der Waals surface area (Å²) in [5.74, 6) is -1.20. The Kier molecular flexibility index (Phi) is 7.21. The summed E-state index contributed by atoms with van der Waals surface area (Å²) in [5.41, 5.74) is -0.369. The lowest BCUT2D eigenvalue weighted by Gasteiger charge is -2.12.